The van der Waals surface area contributed by atoms with Gasteiger partial charge in [-0.05, 0) is 36.7 Å². The van der Waals surface area contributed by atoms with Gasteiger partial charge >= 0.3 is 6.09 Å². The molecule has 1 fully saturated rings. The fraction of sp³-hybridized carbons (Fsp3) is 0.579. The van der Waals surface area contributed by atoms with Crippen LogP contribution in [0.5, 0.6) is 0 Å². The molecule has 8 nitrogen and oxygen atoms in total. The number of primary amides is 1. The number of nitrogens with one attached hydrogen (secondary N) is 1. The summed E-state index contributed by atoms with van der Waals surface area (Å²) in [6, 6.07) is 2.74. The smallest absolute Gasteiger partial charge is 0.404 e. The van der Waals surface area contributed by atoms with Gasteiger partial charge in [-0.15, -0.1) is 0 Å². The van der Waals surface area contributed by atoms with Crippen molar-refractivity contribution >= 4 is 43.3 Å². The van der Waals surface area contributed by atoms with Crippen LogP contribution in [0.25, 0.3) is 0 Å². The number of rotatable bonds is 5. The summed E-state index contributed by atoms with van der Waals surface area (Å²) in [5, 5.41) is 12.1. The average molecular weight is 443 g/mol. The molecule has 0 saturated carbocycles. The van der Waals surface area contributed by atoms with E-state index in [1.54, 1.807) is 6.07 Å². The lowest BCUT2D eigenvalue weighted by atomic mass is 10.0. The summed E-state index contributed by atoms with van der Waals surface area (Å²) in [7, 11) is -2.16. The number of carbonyl (C=O) groups is 2. The maximum Gasteiger partial charge on any atom is 0.404 e. The molecule has 2 atom stereocenters. The number of carbonyl (C=O) groups excluding carboxylic acids is 1. The Morgan fingerprint density at radius 3 is 2.48 bits per heavy atom. The molecule has 1 aromatic carbocycles. The van der Waals surface area contributed by atoms with Crippen LogP contribution in [0.4, 0.5) is 16.2 Å². The molecule has 6 N–H and O–H groups in total. The first-order chi connectivity index (χ1) is 13.2. The molecule has 0 bridgehead atoms. The molecule has 2 amide bonds. The van der Waals surface area contributed by atoms with Crippen molar-refractivity contribution in [2.45, 2.75) is 57.5 Å². The van der Waals surface area contributed by atoms with Crippen LogP contribution in [-0.4, -0.2) is 50.7 Å². The zero-order valence-electron chi connectivity index (χ0n) is 17.6. The molecule has 1 aromatic rings. The molecule has 1 aliphatic rings. The van der Waals surface area contributed by atoms with Gasteiger partial charge in [0.25, 0.3) is 0 Å². The second-order valence-corrected chi connectivity index (χ2v) is 14.1. The summed E-state index contributed by atoms with van der Waals surface area (Å²) in [5.74, 6) is -0.592. The number of piperidine rings is 1. The van der Waals surface area contributed by atoms with Gasteiger partial charge in [0, 0.05) is 18.7 Å². The van der Waals surface area contributed by atoms with Crippen LogP contribution in [0, 0.1) is 0 Å². The maximum absolute atomic E-state index is 11.6. The highest BCUT2D eigenvalue weighted by Crippen LogP contribution is 2.39. The number of hydrogen-bond acceptors (Lipinski definition) is 5. The lowest BCUT2D eigenvalue weighted by Crippen LogP contribution is -2.59. The average Bonchev–Trinajstić information content (AvgIpc) is 2.57. The van der Waals surface area contributed by atoms with Gasteiger partial charge in [0.05, 0.1) is 28.5 Å². The lowest BCUT2D eigenvalue weighted by molar-refractivity contribution is 0.1000. The summed E-state index contributed by atoms with van der Waals surface area (Å²) < 4.78 is 6.56. The van der Waals surface area contributed by atoms with Crippen molar-refractivity contribution in [1.29, 1.82) is 0 Å². The molecule has 10 heteroatoms. The second kappa shape index (κ2) is 8.41. The van der Waals surface area contributed by atoms with Gasteiger partial charge in [0.2, 0.25) is 5.91 Å². The summed E-state index contributed by atoms with van der Waals surface area (Å²) in [4.78, 5) is 24.9. The normalized spacial score (nSPS) is 20.4. The number of nitrogens with two attached hydrogens (primary N) is 2. The van der Waals surface area contributed by atoms with E-state index in [2.05, 4.69) is 39.2 Å². The second-order valence-electron chi connectivity index (χ2n) is 8.97. The number of benzene rings is 1. The lowest BCUT2D eigenvalue weighted by Gasteiger charge is -2.46. The molecule has 1 heterocycles. The Hall–Kier alpha value is -1.97. The number of amides is 2. The first kappa shape index (κ1) is 23.3. The summed E-state index contributed by atoms with van der Waals surface area (Å²) in [5.41, 5.74) is 12.5. The van der Waals surface area contributed by atoms with Gasteiger partial charge < -0.3 is 31.2 Å². The number of halogens is 1. The zero-order chi connectivity index (χ0) is 22.1. The molecule has 2 rings (SSSR count). The molecular weight excluding hydrogens is 412 g/mol. The van der Waals surface area contributed by atoms with Crippen molar-refractivity contribution in [3.05, 3.63) is 22.7 Å². The number of anilines is 2. The van der Waals surface area contributed by atoms with Crippen molar-refractivity contribution in [3.8, 4) is 0 Å². The van der Waals surface area contributed by atoms with Gasteiger partial charge in [-0.25, -0.2) is 4.79 Å². The molecule has 0 unspecified atom stereocenters. The van der Waals surface area contributed by atoms with Crippen LogP contribution >= 0.6 is 11.6 Å². The highest BCUT2D eigenvalue weighted by Gasteiger charge is 2.43. The Morgan fingerprint density at radius 1 is 1.34 bits per heavy atom. The Balaban J connectivity index is 2.37. The minimum Gasteiger partial charge on any atom is -0.465 e. The van der Waals surface area contributed by atoms with Crippen LogP contribution in [-0.2, 0) is 4.43 Å². The highest BCUT2D eigenvalue weighted by atomic mass is 35.5. The van der Waals surface area contributed by atoms with Gasteiger partial charge in [-0.3, -0.25) is 4.79 Å². The van der Waals surface area contributed by atoms with Gasteiger partial charge in [-0.2, -0.15) is 0 Å². The fourth-order valence-electron chi connectivity index (χ4n) is 3.14. The fourth-order valence-corrected chi connectivity index (χ4v) is 4.72. The predicted octanol–water partition coefficient (Wildman–Crippen LogP) is 3.26. The van der Waals surface area contributed by atoms with E-state index in [9.17, 15) is 14.7 Å². The van der Waals surface area contributed by atoms with E-state index in [0.29, 0.717) is 30.2 Å². The van der Waals surface area contributed by atoms with Crippen molar-refractivity contribution in [2.24, 2.45) is 5.73 Å². The summed E-state index contributed by atoms with van der Waals surface area (Å²) in [6.07, 6.45) is -0.914. The van der Waals surface area contributed by atoms with E-state index >= 15 is 0 Å². The van der Waals surface area contributed by atoms with E-state index in [1.807, 2.05) is 4.90 Å². The van der Waals surface area contributed by atoms with Crippen LogP contribution in [0.2, 0.25) is 23.2 Å². The quantitative estimate of drug-likeness (QED) is 0.409. The minimum atomic E-state index is -2.16. The molecule has 162 valence electrons. The molecule has 0 aromatic heterocycles. The molecule has 29 heavy (non-hydrogen) atoms. The predicted molar refractivity (Wildman–Crippen MR) is 118 cm³/mol. The Morgan fingerprint density at radius 2 is 1.97 bits per heavy atom. The van der Waals surface area contributed by atoms with Crippen molar-refractivity contribution in [3.63, 3.8) is 0 Å². The Labute approximate surface area is 177 Å². The SMILES string of the molecule is CC(C)(C)[Si](C)(C)O[C@@H]1CN(c2cc(C(N)=O)cc(N)c2Cl)CC[C@@H]1NC(=O)O. The molecule has 0 aliphatic carbocycles. The maximum atomic E-state index is 11.6. The first-order valence-electron chi connectivity index (χ1n) is 9.54. The van der Waals surface area contributed by atoms with Gasteiger partial charge in [0.1, 0.15) is 0 Å². The van der Waals surface area contributed by atoms with Crippen LogP contribution in [0.3, 0.4) is 0 Å². The van der Waals surface area contributed by atoms with Crippen LogP contribution < -0.4 is 21.7 Å². The van der Waals surface area contributed by atoms with E-state index in [1.165, 1.54) is 6.07 Å². The van der Waals surface area contributed by atoms with Crippen molar-refractivity contribution in [2.75, 3.05) is 23.7 Å². The van der Waals surface area contributed by atoms with Crippen molar-refractivity contribution < 1.29 is 19.1 Å². The van der Waals surface area contributed by atoms with Gasteiger partial charge in [-0.1, -0.05) is 32.4 Å². The standard InChI is InChI=1S/C19H31ClN4O4Si/c1-19(2,3)29(4,5)28-15-10-24(7-6-13(15)23-18(26)27)14-9-11(17(22)25)8-12(21)16(14)20/h8-9,13,15,23H,6-7,10,21H2,1-5H3,(H2,22,25)(H,26,27)/t13-,15+/m0/s1. The Bertz CT molecular complexity index is 797. The van der Waals surface area contributed by atoms with Gasteiger partial charge in [0.15, 0.2) is 8.32 Å². The number of hydrogen-bond donors (Lipinski definition) is 4. The molecule has 1 saturated heterocycles. The number of nitrogens with zero attached hydrogens (tertiary/aromatic N) is 1. The summed E-state index contributed by atoms with van der Waals surface area (Å²) >= 11 is 6.42. The summed E-state index contributed by atoms with van der Waals surface area (Å²) in [6.45, 7) is 11.6. The van der Waals surface area contributed by atoms with E-state index < -0.39 is 20.3 Å². The van der Waals surface area contributed by atoms with E-state index in [-0.39, 0.29) is 28.4 Å². The van der Waals surface area contributed by atoms with Crippen LogP contribution in [0.15, 0.2) is 12.1 Å². The molecule has 1 aliphatic heterocycles. The third-order valence-corrected chi connectivity index (χ3v) is 10.7. The van der Waals surface area contributed by atoms with E-state index in [4.69, 9.17) is 27.5 Å². The highest BCUT2D eigenvalue weighted by molar-refractivity contribution is 6.74. The largest absolute Gasteiger partial charge is 0.465 e. The van der Waals surface area contributed by atoms with Crippen LogP contribution in [0.1, 0.15) is 37.6 Å². The third-order valence-electron chi connectivity index (χ3n) is 5.83. The minimum absolute atomic E-state index is 0.0307. The molecular formula is C19H31ClN4O4Si. The number of nitrogen functional groups attached to an aromatic ring is 1. The number of carboxylic acid groups (broad SMARTS) is 1. The molecule has 0 spiro atoms. The first-order valence-corrected chi connectivity index (χ1v) is 12.8. The monoisotopic (exact) mass is 442 g/mol. The van der Waals surface area contributed by atoms with E-state index in [0.717, 1.165) is 0 Å². The van der Waals surface area contributed by atoms with Crippen molar-refractivity contribution in [1.82, 2.24) is 5.32 Å². The Kier molecular flexibility index (Phi) is 6.76. The molecule has 0 radical (unpaired) electrons. The topological polar surface area (TPSA) is 131 Å². The third kappa shape index (κ3) is 5.34. The zero-order valence-corrected chi connectivity index (χ0v) is 19.3.